The molecular formula is C20H25N3O2. The van der Waals surface area contributed by atoms with Crippen LogP contribution < -0.4 is 5.32 Å². The van der Waals surface area contributed by atoms with Crippen LogP contribution in [0.3, 0.4) is 0 Å². The van der Waals surface area contributed by atoms with Gasteiger partial charge in [0.05, 0.1) is 19.0 Å². The molecule has 0 radical (unpaired) electrons. The smallest absolute Gasteiger partial charge is 0.237 e. The Morgan fingerprint density at radius 3 is 2.88 bits per heavy atom. The number of benzene rings is 1. The predicted octanol–water partition coefficient (Wildman–Crippen LogP) is 1.07. The van der Waals surface area contributed by atoms with E-state index in [2.05, 4.69) is 34.8 Å². The molecule has 1 atom stereocenters. The number of nitrogens with zero attached hydrogens (tertiary/aromatic N) is 2. The monoisotopic (exact) mass is 339 g/mol. The number of amides is 2. The number of carbonyl (C=O) groups is 2. The van der Waals surface area contributed by atoms with Crippen molar-refractivity contribution in [2.75, 3.05) is 32.7 Å². The van der Waals surface area contributed by atoms with Gasteiger partial charge in [0.15, 0.2) is 0 Å². The maximum Gasteiger partial charge on any atom is 0.237 e. The van der Waals surface area contributed by atoms with E-state index in [-0.39, 0.29) is 24.8 Å². The van der Waals surface area contributed by atoms with Crippen LogP contribution in [0.2, 0.25) is 0 Å². The lowest BCUT2D eigenvalue weighted by atomic mass is 10.1. The molecule has 1 heterocycles. The maximum atomic E-state index is 12.5. The van der Waals surface area contributed by atoms with Gasteiger partial charge >= 0.3 is 0 Å². The quantitative estimate of drug-likeness (QED) is 0.569. The van der Waals surface area contributed by atoms with Crippen LogP contribution in [-0.2, 0) is 16.0 Å². The largest absolute Gasteiger partial charge is 0.353 e. The molecule has 5 heteroatoms. The van der Waals surface area contributed by atoms with Crippen molar-refractivity contribution in [1.29, 1.82) is 0 Å². The minimum atomic E-state index is -0.449. The Bertz CT molecular complexity index is 636. The number of piperazine rings is 1. The minimum absolute atomic E-state index is 0.0908. The van der Waals surface area contributed by atoms with Gasteiger partial charge in [-0.25, -0.2) is 0 Å². The van der Waals surface area contributed by atoms with Crippen LogP contribution >= 0.6 is 0 Å². The Labute approximate surface area is 149 Å². The summed E-state index contributed by atoms with van der Waals surface area (Å²) in [6.45, 7) is 6.36. The summed E-state index contributed by atoms with van der Waals surface area (Å²) < 4.78 is 0. The van der Waals surface area contributed by atoms with Gasteiger partial charge in [-0.2, -0.15) is 0 Å². The van der Waals surface area contributed by atoms with E-state index in [1.807, 2.05) is 18.2 Å². The fourth-order valence-electron chi connectivity index (χ4n) is 2.98. The number of carbonyl (C=O) groups excluding carboxylic acids is 2. The normalized spacial score (nSPS) is 17.4. The van der Waals surface area contributed by atoms with Crippen LogP contribution in [0.1, 0.15) is 12.0 Å². The van der Waals surface area contributed by atoms with Crippen molar-refractivity contribution >= 4 is 11.8 Å². The molecule has 2 amide bonds. The molecule has 1 aliphatic rings. The van der Waals surface area contributed by atoms with Crippen LogP contribution in [0.4, 0.5) is 0 Å². The van der Waals surface area contributed by atoms with Crippen LogP contribution in [0.25, 0.3) is 0 Å². The molecular weight excluding hydrogens is 314 g/mol. The number of hydrogen-bond donors (Lipinski definition) is 1. The fourth-order valence-corrected chi connectivity index (χ4v) is 2.98. The van der Waals surface area contributed by atoms with E-state index in [1.54, 1.807) is 11.0 Å². The first-order valence-corrected chi connectivity index (χ1v) is 8.53. The van der Waals surface area contributed by atoms with Gasteiger partial charge in [0.2, 0.25) is 11.8 Å². The topological polar surface area (TPSA) is 52.7 Å². The van der Waals surface area contributed by atoms with Crippen LogP contribution in [0.15, 0.2) is 43.0 Å². The van der Waals surface area contributed by atoms with Crippen molar-refractivity contribution in [3.63, 3.8) is 0 Å². The standard InChI is InChI=1S/C20H25N3O2/c1-3-12-23(13-4-2)19(24)16-18-20(25)21-11-15-22(18)14-10-17-8-6-5-7-9-17/h1,4-9,18H,2,10-16H2,(H,21,25)/t18-/m1/s1. The second-order valence-corrected chi connectivity index (χ2v) is 6.05. The molecule has 0 aromatic heterocycles. The first-order chi connectivity index (χ1) is 12.2. The summed E-state index contributed by atoms with van der Waals surface area (Å²) in [7, 11) is 0. The highest BCUT2D eigenvalue weighted by atomic mass is 16.2. The van der Waals surface area contributed by atoms with E-state index >= 15 is 0 Å². The van der Waals surface area contributed by atoms with E-state index in [0.717, 1.165) is 19.5 Å². The molecule has 0 unspecified atom stereocenters. The van der Waals surface area contributed by atoms with Crippen molar-refractivity contribution in [1.82, 2.24) is 15.1 Å². The number of nitrogens with one attached hydrogen (secondary N) is 1. The first-order valence-electron chi connectivity index (χ1n) is 8.53. The maximum absolute atomic E-state index is 12.5. The lowest BCUT2D eigenvalue weighted by Crippen LogP contribution is -2.57. The number of hydrogen-bond acceptors (Lipinski definition) is 3. The van der Waals surface area contributed by atoms with E-state index in [4.69, 9.17) is 6.42 Å². The molecule has 1 aromatic carbocycles. The molecule has 1 aromatic rings. The Hall–Kier alpha value is -2.58. The Morgan fingerprint density at radius 2 is 2.20 bits per heavy atom. The summed E-state index contributed by atoms with van der Waals surface area (Å²) in [4.78, 5) is 28.5. The molecule has 2 rings (SSSR count). The molecule has 0 spiro atoms. The highest BCUT2D eigenvalue weighted by Crippen LogP contribution is 2.12. The molecule has 0 saturated carbocycles. The Kier molecular flexibility index (Phi) is 7.24. The second kappa shape index (κ2) is 9.65. The zero-order chi connectivity index (χ0) is 18.1. The van der Waals surface area contributed by atoms with E-state index in [9.17, 15) is 9.59 Å². The molecule has 1 N–H and O–H groups in total. The predicted molar refractivity (Wildman–Crippen MR) is 98.7 cm³/mol. The van der Waals surface area contributed by atoms with Gasteiger partial charge in [-0.15, -0.1) is 13.0 Å². The number of terminal acetylenes is 1. The summed E-state index contributed by atoms with van der Waals surface area (Å²) in [6, 6.07) is 9.69. The van der Waals surface area contributed by atoms with E-state index in [0.29, 0.717) is 13.1 Å². The van der Waals surface area contributed by atoms with Gasteiger partial charge in [-0.3, -0.25) is 14.5 Å². The molecule has 1 fully saturated rings. The lowest BCUT2D eigenvalue weighted by Gasteiger charge is -2.35. The van der Waals surface area contributed by atoms with Crippen molar-refractivity contribution in [2.45, 2.75) is 18.9 Å². The van der Waals surface area contributed by atoms with Gasteiger partial charge in [-0.1, -0.05) is 42.3 Å². The van der Waals surface area contributed by atoms with Crippen molar-refractivity contribution in [3.8, 4) is 12.3 Å². The minimum Gasteiger partial charge on any atom is -0.353 e. The summed E-state index contributed by atoms with van der Waals surface area (Å²) in [5, 5.41) is 2.86. The van der Waals surface area contributed by atoms with Crippen LogP contribution in [0.5, 0.6) is 0 Å². The van der Waals surface area contributed by atoms with Crippen molar-refractivity contribution in [2.24, 2.45) is 0 Å². The summed E-state index contributed by atoms with van der Waals surface area (Å²) >= 11 is 0. The molecule has 5 nitrogen and oxygen atoms in total. The van der Waals surface area contributed by atoms with Gasteiger partial charge in [0, 0.05) is 26.2 Å². The zero-order valence-electron chi connectivity index (χ0n) is 14.5. The molecule has 0 aliphatic carbocycles. The Balaban J connectivity index is 2.00. The van der Waals surface area contributed by atoms with Crippen LogP contribution in [-0.4, -0.2) is 60.4 Å². The SMILES string of the molecule is C#CCN(CC=C)C(=O)C[C@@H]1C(=O)NCCN1CCc1ccccc1. The average Bonchev–Trinajstić information content (AvgIpc) is 2.63. The third-order valence-corrected chi connectivity index (χ3v) is 4.32. The van der Waals surface area contributed by atoms with Crippen LogP contribution in [0, 0.1) is 12.3 Å². The highest BCUT2D eigenvalue weighted by Gasteiger charge is 2.32. The molecule has 132 valence electrons. The van der Waals surface area contributed by atoms with Crippen molar-refractivity contribution in [3.05, 3.63) is 48.6 Å². The summed E-state index contributed by atoms with van der Waals surface area (Å²) in [6.07, 6.45) is 7.95. The van der Waals surface area contributed by atoms with Gasteiger partial charge < -0.3 is 10.2 Å². The Morgan fingerprint density at radius 1 is 1.44 bits per heavy atom. The molecule has 1 aliphatic heterocycles. The van der Waals surface area contributed by atoms with Gasteiger partial charge in [-0.05, 0) is 12.0 Å². The van der Waals surface area contributed by atoms with Crippen molar-refractivity contribution < 1.29 is 9.59 Å². The average molecular weight is 339 g/mol. The third kappa shape index (κ3) is 5.47. The zero-order valence-corrected chi connectivity index (χ0v) is 14.5. The fraction of sp³-hybridized carbons (Fsp3) is 0.400. The highest BCUT2D eigenvalue weighted by molar-refractivity contribution is 5.89. The van der Waals surface area contributed by atoms with E-state index < -0.39 is 6.04 Å². The summed E-state index contributed by atoms with van der Waals surface area (Å²) in [5.41, 5.74) is 1.22. The lowest BCUT2D eigenvalue weighted by molar-refractivity contribution is -0.138. The third-order valence-electron chi connectivity index (χ3n) is 4.32. The molecule has 25 heavy (non-hydrogen) atoms. The van der Waals surface area contributed by atoms with Gasteiger partial charge in [0.25, 0.3) is 0 Å². The second-order valence-electron chi connectivity index (χ2n) is 6.05. The summed E-state index contributed by atoms with van der Waals surface area (Å²) in [5.74, 6) is 2.27. The first kappa shape index (κ1) is 18.8. The van der Waals surface area contributed by atoms with E-state index in [1.165, 1.54) is 5.56 Å². The van der Waals surface area contributed by atoms with Gasteiger partial charge in [0.1, 0.15) is 0 Å². The molecule has 0 bridgehead atoms. The molecule has 1 saturated heterocycles. The number of rotatable bonds is 8.